The van der Waals surface area contributed by atoms with Gasteiger partial charge in [-0.1, -0.05) is 61.5 Å². The zero-order valence-corrected chi connectivity index (χ0v) is 14.4. The normalized spacial score (nSPS) is 21.3. The molecule has 0 fully saturated rings. The summed E-state index contributed by atoms with van der Waals surface area (Å²) >= 11 is 0. The van der Waals surface area contributed by atoms with Crippen LogP contribution in [0, 0.1) is 5.92 Å². The highest BCUT2D eigenvalue weighted by Crippen LogP contribution is 2.32. The van der Waals surface area contributed by atoms with Crippen molar-refractivity contribution >= 4 is 18.3 Å². The second-order valence-corrected chi connectivity index (χ2v) is 6.18. The van der Waals surface area contributed by atoms with Gasteiger partial charge in [-0.25, -0.2) is 0 Å². The molecule has 2 unspecified atom stereocenters. The molecule has 24 heavy (non-hydrogen) atoms. The number of aliphatic hydroxyl groups excluding tert-OH is 1. The SMILES string of the molecule is CC(C(=O)N[C@H]1c2ccccc2C[C@H]1O)C(N)c1ccccc1.Cl. The maximum absolute atomic E-state index is 12.6. The van der Waals surface area contributed by atoms with Gasteiger partial charge in [-0.3, -0.25) is 4.79 Å². The number of fused-ring (bicyclic) bond motifs is 1. The Kier molecular flexibility index (Phi) is 5.99. The molecule has 4 N–H and O–H groups in total. The quantitative estimate of drug-likeness (QED) is 0.796. The number of halogens is 1. The van der Waals surface area contributed by atoms with Gasteiger partial charge in [0.05, 0.1) is 18.1 Å². The number of nitrogens with two attached hydrogens (primary N) is 1. The lowest BCUT2D eigenvalue weighted by Gasteiger charge is -2.24. The van der Waals surface area contributed by atoms with Crippen LogP contribution in [0.2, 0.25) is 0 Å². The number of carbonyl (C=O) groups excluding carboxylic acids is 1. The first-order chi connectivity index (χ1) is 11.1. The first-order valence-corrected chi connectivity index (χ1v) is 7.94. The van der Waals surface area contributed by atoms with Crippen molar-refractivity contribution in [2.75, 3.05) is 0 Å². The van der Waals surface area contributed by atoms with Gasteiger partial charge < -0.3 is 16.2 Å². The van der Waals surface area contributed by atoms with Gasteiger partial charge in [-0.05, 0) is 16.7 Å². The van der Waals surface area contributed by atoms with Gasteiger partial charge in [0.25, 0.3) is 0 Å². The largest absolute Gasteiger partial charge is 0.390 e. The summed E-state index contributed by atoms with van der Waals surface area (Å²) in [4.78, 5) is 12.6. The summed E-state index contributed by atoms with van der Waals surface area (Å²) in [5.41, 5.74) is 9.24. The molecule has 2 aromatic rings. The van der Waals surface area contributed by atoms with E-state index in [1.54, 1.807) is 0 Å². The Hall–Kier alpha value is -1.88. The molecule has 1 aliphatic carbocycles. The van der Waals surface area contributed by atoms with Crippen LogP contribution in [0.15, 0.2) is 54.6 Å². The summed E-state index contributed by atoms with van der Waals surface area (Å²) in [7, 11) is 0. The second kappa shape index (κ2) is 7.79. The first kappa shape index (κ1) is 18.5. The molecule has 2 aromatic carbocycles. The molecule has 1 amide bonds. The van der Waals surface area contributed by atoms with Crippen molar-refractivity contribution in [3.8, 4) is 0 Å². The molecule has 0 spiro atoms. The lowest BCUT2D eigenvalue weighted by Crippen LogP contribution is -2.40. The summed E-state index contributed by atoms with van der Waals surface area (Å²) in [6, 6.07) is 16.7. The molecular weight excluding hydrogens is 324 g/mol. The van der Waals surface area contributed by atoms with Crippen LogP contribution in [0.4, 0.5) is 0 Å². The minimum Gasteiger partial charge on any atom is -0.390 e. The van der Waals surface area contributed by atoms with E-state index in [0.29, 0.717) is 6.42 Å². The Balaban J connectivity index is 0.00000208. The van der Waals surface area contributed by atoms with E-state index < -0.39 is 6.10 Å². The molecule has 0 heterocycles. The van der Waals surface area contributed by atoms with Crippen molar-refractivity contribution in [2.24, 2.45) is 11.7 Å². The fourth-order valence-electron chi connectivity index (χ4n) is 3.16. The topological polar surface area (TPSA) is 75.3 Å². The fraction of sp³-hybridized carbons (Fsp3) is 0.316. The van der Waals surface area contributed by atoms with E-state index in [4.69, 9.17) is 5.73 Å². The molecule has 128 valence electrons. The van der Waals surface area contributed by atoms with E-state index in [9.17, 15) is 9.90 Å². The van der Waals surface area contributed by atoms with Gasteiger partial charge in [0.2, 0.25) is 5.91 Å². The van der Waals surface area contributed by atoms with E-state index in [2.05, 4.69) is 5.32 Å². The minimum atomic E-state index is -0.587. The smallest absolute Gasteiger partial charge is 0.225 e. The number of carbonyl (C=O) groups is 1. The van der Waals surface area contributed by atoms with Crippen molar-refractivity contribution in [3.63, 3.8) is 0 Å². The Labute approximate surface area is 148 Å². The molecule has 3 rings (SSSR count). The van der Waals surface area contributed by atoms with Crippen LogP contribution in [0.1, 0.15) is 35.7 Å². The average Bonchev–Trinajstić information content (AvgIpc) is 2.90. The van der Waals surface area contributed by atoms with E-state index in [1.807, 2.05) is 61.5 Å². The van der Waals surface area contributed by atoms with Gasteiger partial charge in [-0.15, -0.1) is 12.4 Å². The van der Waals surface area contributed by atoms with Crippen LogP contribution in [0.25, 0.3) is 0 Å². The van der Waals surface area contributed by atoms with Crippen LogP contribution in [-0.2, 0) is 11.2 Å². The van der Waals surface area contributed by atoms with E-state index in [0.717, 1.165) is 16.7 Å². The highest BCUT2D eigenvalue weighted by Gasteiger charge is 2.33. The van der Waals surface area contributed by atoms with Crippen molar-refractivity contribution in [2.45, 2.75) is 31.5 Å². The number of rotatable bonds is 4. The van der Waals surface area contributed by atoms with Crippen LogP contribution in [-0.4, -0.2) is 17.1 Å². The lowest BCUT2D eigenvalue weighted by atomic mass is 9.94. The summed E-state index contributed by atoms with van der Waals surface area (Å²) in [5.74, 6) is -0.514. The number of benzene rings is 2. The molecule has 0 aliphatic heterocycles. The van der Waals surface area contributed by atoms with Crippen molar-refractivity contribution in [1.29, 1.82) is 0 Å². The monoisotopic (exact) mass is 346 g/mol. The van der Waals surface area contributed by atoms with E-state index >= 15 is 0 Å². The Morgan fingerprint density at radius 3 is 2.50 bits per heavy atom. The third-order valence-corrected chi connectivity index (χ3v) is 4.64. The molecule has 1 aliphatic rings. The number of hydrogen-bond acceptors (Lipinski definition) is 3. The maximum atomic E-state index is 12.6. The minimum absolute atomic E-state index is 0. The molecule has 0 saturated heterocycles. The predicted octanol–water partition coefficient (Wildman–Crippen LogP) is 2.52. The Morgan fingerprint density at radius 2 is 1.79 bits per heavy atom. The first-order valence-electron chi connectivity index (χ1n) is 7.94. The number of amides is 1. The molecule has 4 atom stereocenters. The third-order valence-electron chi connectivity index (χ3n) is 4.64. The zero-order valence-electron chi connectivity index (χ0n) is 13.6. The molecule has 5 heteroatoms. The summed E-state index contributed by atoms with van der Waals surface area (Å²) in [6.07, 6.45) is -0.0169. The standard InChI is InChI=1S/C19H22N2O2.ClH/c1-12(17(20)13-7-3-2-4-8-13)19(23)21-18-15-10-6-5-9-14(15)11-16(18)22;/h2-10,12,16-18,22H,11,20H2,1H3,(H,21,23);1H/t12?,16-,17?,18+;/m1./s1. The summed E-state index contributed by atoms with van der Waals surface area (Å²) in [6.45, 7) is 1.82. The highest BCUT2D eigenvalue weighted by molar-refractivity contribution is 5.85. The van der Waals surface area contributed by atoms with Crippen molar-refractivity contribution in [1.82, 2.24) is 5.32 Å². The highest BCUT2D eigenvalue weighted by atomic mass is 35.5. The molecular formula is C19H23ClN2O2. The maximum Gasteiger partial charge on any atom is 0.225 e. The van der Waals surface area contributed by atoms with Gasteiger partial charge >= 0.3 is 0 Å². The molecule has 0 bridgehead atoms. The number of aliphatic hydroxyl groups is 1. The van der Waals surface area contributed by atoms with Gasteiger partial charge in [0, 0.05) is 12.5 Å². The van der Waals surface area contributed by atoms with E-state index in [1.165, 1.54) is 0 Å². The average molecular weight is 347 g/mol. The fourth-order valence-corrected chi connectivity index (χ4v) is 3.16. The lowest BCUT2D eigenvalue weighted by molar-refractivity contribution is -0.126. The zero-order chi connectivity index (χ0) is 16.4. The van der Waals surface area contributed by atoms with Gasteiger partial charge in [0.1, 0.15) is 0 Å². The summed E-state index contributed by atoms with van der Waals surface area (Å²) < 4.78 is 0. The molecule has 4 nitrogen and oxygen atoms in total. The van der Waals surface area contributed by atoms with Crippen LogP contribution < -0.4 is 11.1 Å². The summed E-state index contributed by atoms with van der Waals surface area (Å²) in [5, 5.41) is 13.2. The Bertz CT molecular complexity index is 693. The van der Waals surface area contributed by atoms with Crippen LogP contribution in [0.3, 0.4) is 0 Å². The van der Waals surface area contributed by atoms with Crippen LogP contribution in [0.5, 0.6) is 0 Å². The van der Waals surface area contributed by atoms with Crippen LogP contribution >= 0.6 is 12.4 Å². The second-order valence-electron chi connectivity index (χ2n) is 6.18. The number of hydrogen-bond donors (Lipinski definition) is 3. The van der Waals surface area contributed by atoms with Gasteiger partial charge in [0.15, 0.2) is 0 Å². The van der Waals surface area contributed by atoms with Gasteiger partial charge in [-0.2, -0.15) is 0 Å². The number of nitrogens with one attached hydrogen (secondary N) is 1. The van der Waals surface area contributed by atoms with Crippen molar-refractivity contribution in [3.05, 3.63) is 71.3 Å². The predicted molar refractivity (Wildman–Crippen MR) is 96.8 cm³/mol. The van der Waals surface area contributed by atoms with Crippen molar-refractivity contribution < 1.29 is 9.90 Å². The molecule has 0 radical (unpaired) electrons. The third kappa shape index (κ3) is 3.61. The van der Waals surface area contributed by atoms with E-state index in [-0.39, 0.29) is 36.3 Å². The molecule has 0 saturated carbocycles. The molecule has 0 aromatic heterocycles. The Morgan fingerprint density at radius 1 is 1.17 bits per heavy atom.